The summed E-state index contributed by atoms with van der Waals surface area (Å²) in [6.45, 7) is 2.92. The third-order valence-electron chi connectivity index (χ3n) is 7.57. The predicted octanol–water partition coefficient (Wildman–Crippen LogP) is 4.98. The molecule has 9 nitrogen and oxygen atoms in total. The summed E-state index contributed by atoms with van der Waals surface area (Å²) in [6.07, 6.45) is 0.906. The number of ether oxygens (including phenoxy) is 1. The van der Waals surface area contributed by atoms with Crippen molar-refractivity contribution in [2.75, 3.05) is 13.4 Å². The predicted molar refractivity (Wildman–Crippen MR) is 151 cm³/mol. The van der Waals surface area contributed by atoms with E-state index in [9.17, 15) is 22.1 Å². The number of alkyl halides is 3. The average molecular weight is 619 g/mol. The van der Waals surface area contributed by atoms with Gasteiger partial charge in [-0.25, -0.2) is 25.8 Å². The largest absolute Gasteiger partial charge is 0.429 e. The van der Waals surface area contributed by atoms with E-state index in [4.69, 9.17) is 4.74 Å². The number of allylic oxidation sites excluding steroid dienone is 2. The number of aromatic amines is 1. The first kappa shape index (κ1) is 29.6. The molecule has 2 atom stereocenters. The van der Waals surface area contributed by atoms with Crippen molar-refractivity contribution < 1.29 is 34.7 Å². The van der Waals surface area contributed by atoms with Gasteiger partial charge in [-0.1, -0.05) is 18.2 Å². The summed E-state index contributed by atoms with van der Waals surface area (Å²) in [4.78, 5) is 6.65. The smallest absolute Gasteiger partial charge is 0.358 e. The van der Waals surface area contributed by atoms with Crippen LogP contribution in [0.1, 0.15) is 35.9 Å². The van der Waals surface area contributed by atoms with Gasteiger partial charge in [0.25, 0.3) is 0 Å². The van der Waals surface area contributed by atoms with E-state index in [1.807, 2.05) is 6.07 Å². The molecule has 1 N–H and O–H groups in total. The number of hydrogen-bond donors (Lipinski definition) is 1. The molecule has 0 bridgehead atoms. The van der Waals surface area contributed by atoms with Gasteiger partial charge in [0.2, 0.25) is 15.6 Å². The van der Waals surface area contributed by atoms with E-state index in [1.54, 1.807) is 6.92 Å². The quantitative estimate of drug-likeness (QED) is 0.322. The van der Waals surface area contributed by atoms with Crippen LogP contribution in [0.25, 0.3) is 21.9 Å². The van der Waals surface area contributed by atoms with Gasteiger partial charge in [0.15, 0.2) is 15.7 Å². The molecule has 4 aromatic rings. The van der Waals surface area contributed by atoms with Crippen molar-refractivity contribution in [1.29, 1.82) is 5.26 Å². The maximum Gasteiger partial charge on any atom is 0.429 e. The summed E-state index contributed by atoms with van der Waals surface area (Å²) in [7, 11) is -7.26. The lowest BCUT2D eigenvalue weighted by Crippen LogP contribution is -2.46. The molecule has 0 radical (unpaired) electrons. The average Bonchev–Trinajstić information content (AvgIpc) is 3.54. The summed E-state index contributed by atoms with van der Waals surface area (Å²) >= 11 is 0. The van der Waals surface area contributed by atoms with Crippen LogP contribution < -0.4 is 0 Å². The molecule has 0 aliphatic heterocycles. The Kier molecular flexibility index (Phi) is 6.72. The molecule has 14 heteroatoms. The number of halogens is 3. The fourth-order valence-corrected chi connectivity index (χ4v) is 7.97. The van der Waals surface area contributed by atoms with Gasteiger partial charge in [-0.15, -0.1) is 0 Å². The number of rotatable bonds is 6. The zero-order valence-electron chi connectivity index (χ0n) is 22.8. The summed E-state index contributed by atoms with van der Waals surface area (Å²) < 4.78 is 102. The van der Waals surface area contributed by atoms with E-state index in [0.717, 1.165) is 29.6 Å². The number of H-pyrrole nitrogens is 1. The highest BCUT2D eigenvalue weighted by Gasteiger charge is 2.61. The third kappa shape index (κ3) is 4.26. The van der Waals surface area contributed by atoms with Crippen LogP contribution in [0.4, 0.5) is 13.2 Å². The highest BCUT2D eigenvalue weighted by molar-refractivity contribution is 7.95. The van der Waals surface area contributed by atoms with Crippen LogP contribution in [0, 0.1) is 18.3 Å². The lowest BCUT2D eigenvalue weighted by atomic mass is 9.88. The molecule has 2 aromatic carbocycles. The van der Waals surface area contributed by atoms with E-state index in [0.29, 0.717) is 5.56 Å². The molecule has 0 fully saturated rings. The van der Waals surface area contributed by atoms with Crippen LogP contribution in [-0.4, -0.2) is 55.1 Å². The number of benzene rings is 2. The normalized spacial score (nSPS) is 19.5. The number of fused-ring (bicyclic) bond motifs is 2. The molecule has 2 heterocycles. The van der Waals surface area contributed by atoms with Crippen LogP contribution in [0.15, 0.2) is 65.7 Å². The van der Waals surface area contributed by atoms with Crippen molar-refractivity contribution in [3.8, 4) is 6.07 Å². The maximum absolute atomic E-state index is 15.2. The molecule has 0 amide bonds. The maximum atomic E-state index is 15.2. The first-order chi connectivity index (χ1) is 19.5. The Morgan fingerprint density at radius 2 is 1.86 bits per heavy atom. The third-order valence-corrected chi connectivity index (χ3v) is 11.0. The standard InChI is InChI=1S/C28H25F3N4O5S2/c1-17-7-9-21(27(40-3,28(29,30)31)25-33-22-10-8-18(16-32)14-23(22)34-25)20-11-13-35(24(17)20)42(38,39)26(2)12-5-6-19(15-26)41(4,36)37/h5-11,13-15H,12H2,1-4H3,(H,33,34). The first-order valence-corrected chi connectivity index (χ1v) is 15.8. The van der Waals surface area contributed by atoms with E-state index in [-0.39, 0.29) is 38.8 Å². The number of nitriles is 1. The van der Waals surface area contributed by atoms with Crippen molar-refractivity contribution in [3.05, 3.63) is 88.2 Å². The molecular weight excluding hydrogens is 593 g/mol. The molecule has 2 unspecified atom stereocenters. The number of hydrogen-bond acceptors (Lipinski definition) is 7. The lowest BCUT2D eigenvalue weighted by molar-refractivity contribution is -0.260. The second-order valence-corrected chi connectivity index (χ2v) is 14.7. The fraction of sp³-hybridized carbons (Fsp3) is 0.286. The minimum Gasteiger partial charge on any atom is -0.358 e. The van der Waals surface area contributed by atoms with Crippen LogP contribution in [-0.2, 0) is 30.2 Å². The number of nitrogens with one attached hydrogen (secondary N) is 1. The summed E-state index contributed by atoms with van der Waals surface area (Å²) in [5.41, 5.74) is -2.65. The van der Waals surface area contributed by atoms with Gasteiger partial charge in [0.1, 0.15) is 4.75 Å². The number of sulfone groups is 1. The van der Waals surface area contributed by atoms with Crippen molar-refractivity contribution in [1.82, 2.24) is 13.9 Å². The van der Waals surface area contributed by atoms with Gasteiger partial charge in [-0.3, -0.25) is 0 Å². The van der Waals surface area contributed by atoms with Gasteiger partial charge < -0.3 is 9.72 Å². The molecule has 220 valence electrons. The van der Waals surface area contributed by atoms with Crippen LogP contribution in [0.5, 0.6) is 0 Å². The Labute approximate surface area is 239 Å². The molecule has 42 heavy (non-hydrogen) atoms. The number of aryl methyl sites for hydroxylation is 1. The van der Waals surface area contributed by atoms with Crippen LogP contribution >= 0.6 is 0 Å². The molecule has 0 spiro atoms. The molecule has 2 aromatic heterocycles. The van der Waals surface area contributed by atoms with Gasteiger partial charge in [0, 0.05) is 30.5 Å². The Hall–Kier alpha value is -3.93. The Bertz CT molecular complexity index is 2090. The van der Waals surface area contributed by atoms with E-state index in [1.165, 1.54) is 55.5 Å². The lowest BCUT2D eigenvalue weighted by Gasteiger charge is -2.34. The van der Waals surface area contributed by atoms with Crippen LogP contribution in [0.2, 0.25) is 0 Å². The zero-order chi connectivity index (χ0) is 30.9. The van der Waals surface area contributed by atoms with Crippen molar-refractivity contribution in [2.45, 2.75) is 36.8 Å². The number of aromatic nitrogens is 3. The molecule has 1 aliphatic carbocycles. The highest BCUT2D eigenvalue weighted by Crippen LogP contribution is 2.49. The molecule has 0 saturated heterocycles. The SMILES string of the molecule is COC(c1nc2ccc(C#N)cc2[nH]1)(c1ccc(C)c2c1ccn2S(=O)(=O)C1(C)C=C(S(C)(=O)=O)C=CC1)C(F)(F)F. The van der Waals surface area contributed by atoms with E-state index in [2.05, 4.69) is 9.97 Å². The Morgan fingerprint density at radius 1 is 1.14 bits per heavy atom. The second kappa shape index (κ2) is 9.55. The molecule has 1 aliphatic rings. The Morgan fingerprint density at radius 3 is 2.48 bits per heavy atom. The monoisotopic (exact) mass is 618 g/mol. The minimum atomic E-state index is -5.08. The van der Waals surface area contributed by atoms with Gasteiger partial charge in [-0.2, -0.15) is 18.4 Å². The number of methoxy groups -OCH3 is 1. The highest BCUT2D eigenvalue weighted by atomic mass is 32.2. The summed E-state index contributed by atoms with van der Waals surface area (Å²) in [6, 6.07) is 9.97. The van der Waals surface area contributed by atoms with Gasteiger partial charge in [0.05, 0.1) is 33.1 Å². The zero-order valence-corrected chi connectivity index (χ0v) is 24.4. The topological polar surface area (TPSA) is 135 Å². The van der Waals surface area contributed by atoms with Crippen LogP contribution in [0.3, 0.4) is 0 Å². The van der Waals surface area contributed by atoms with Crippen molar-refractivity contribution >= 4 is 41.8 Å². The van der Waals surface area contributed by atoms with Crippen molar-refractivity contribution in [3.63, 3.8) is 0 Å². The molecule has 5 rings (SSSR count). The summed E-state index contributed by atoms with van der Waals surface area (Å²) in [5, 5.41) is 9.16. The minimum absolute atomic E-state index is 0.0221. The van der Waals surface area contributed by atoms with Gasteiger partial charge in [-0.05, 0) is 62.2 Å². The number of nitrogens with zero attached hydrogens (tertiary/aromatic N) is 3. The summed E-state index contributed by atoms with van der Waals surface area (Å²) in [5.74, 6) is -0.603. The second-order valence-electron chi connectivity index (χ2n) is 10.4. The first-order valence-electron chi connectivity index (χ1n) is 12.5. The molecule has 0 saturated carbocycles. The fourth-order valence-electron chi connectivity index (χ4n) is 5.34. The number of imidazole rings is 1. The van der Waals surface area contributed by atoms with E-state index < -0.39 is 47.8 Å². The van der Waals surface area contributed by atoms with Gasteiger partial charge >= 0.3 is 6.18 Å². The van der Waals surface area contributed by atoms with E-state index >= 15 is 13.2 Å². The van der Waals surface area contributed by atoms with Crippen molar-refractivity contribution in [2.24, 2.45) is 0 Å². The molecular formula is C28H25F3N4O5S2. The Balaban J connectivity index is 1.79.